The first-order valence-electron chi connectivity index (χ1n) is 12.8. The van der Waals surface area contributed by atoms with Crippen LogP contribution >= 0.6 is 0 Å². The minimum Gasteiger partial charge on any atom is -0.434 e. The number of piperidine rings is 1. The molecule has 4 rings (SSSR count). The zero-order valence-corrected chi connectivity index (χ0v) is 22.1. The van der Waals surface area contributed by atoms with Gasteiger partial charge in [0, 0.05) is 25.6 Å². The lowest BCUT2D eigenvalue weighted by Gasteiger charge is -2.43. The van der Waals surface area contributed by atoms with Crippen LogP contribution in [0.2, 0.25) is 0 Å². The van der Waals surface area contributed by atoms with E-state index in [-0.39, 0.29) is 18.4 Å². The fraction of sp³-hybridized carbons (Fsp3) is 0.630. The Morgan fingerprint density at radius 2 is 1.86 bits per heavy atom. The molecule has 0 bridgehead atoms. The molecule has 0 saturated carbocycles. The van der Waals surface area contributed by atoms with E-state index in [1.165, 1.54) is 5.06 Å². The fourth-order valence-corrected chi connectivity index (χ4v) is 5.66. The Labute approximate surface area is 213 Å². The molecule has 3 aliphatic heterocycles. The number of carbonyl (C=O) groups excluding carboxylic acids is 2. The van der Waals surface area contributed by atoms with Gasteiger partial charge in [0.1, 0.15) is 5.54 Å². The number of hydrogen-bond donors (Lipinski definition) is 0. The molecule has 0 N–H and O–H groups in total. The van der Waals surface area contributed by atoms with Crippen LogP contribution in [0.25, 0.3) is 5.57 Å². The summed E-state index contributed by atoms with van der Waals surface area (Å²) in [6, 6.07) is 4.07. The molecule has 198 valence electrons. The summed E-state index contributed by atoms with van der Waals surface area (Å²) in [5.74, 6) is 0.201. The summed E-state index contributed by atoms with van der Waals surface area (Å²) >= 11 is 0. The molecule has 0 aromatic heterocycles. The van der Waals surface area contributed by atoms with Crippen molar-refractivity contribution in [2.45, 2.75) is 58.9 Å². The third-order valence-corrected chi connectivity index (χ3v) is 7.31. The van der Waals surface area contributed by atoms with Crippen molar-refractivity contribution in [1.29, 1.82) is 0 Å². The number of amides is 1. The van der Waals surface area contributed by atoms with Gasteiger partial charge in [-0.25, -0.2) is 9.86 Å². The Hall–Kier alpha value is -2.46. The molecule has 36 heavy (non-hydrogen) atoms. The van der Waals surface area contributed by atoms with Crippen LogP contribution in [0.5, 0.6) is 0 Å². The number of hydrogen-bond acceptors (Lipinski definition) is 8. The molecule has 1 atom stereocenters. The molecule has 9 heteroatoms. The van der Waals surface area contributed by atoms with Crippen molar-refractivity contribution in [3.05, 3.63) is 40.1 Å². The monoisotopic (exact) mass is 502 g/mol. The highest BCUT2D eigenvalue weighted by Gasteiger charge is 2.57. The van der Waals surface area contributed by atoms with Gasteiger partial charge in [-0.1, -0.05) is 17.7 Å². The van der Waals surface area contributed by atoms with Gasteiger partial charge in [0.05, 0.1) is 32.5 Å². The fourth-order valence-electron chi connectivity index (χ4n) is 5.66. The van der Waals surface area contributed by atoms with Crippen molar-refractivity contribution in [3.63, 3.8) is 0 Å². The molecule has 3 aliphatic rings. The van der Waals surface area contributed by atoms with Crippen LogP contribution in [0, 0.1) is 26.7 Å². The van der Waals surface area contributed by atoms with Crippen LogP contribution in [0.15, 0.2) is 17.9 Å². The van der Waals surface area contributed by atoms with Crippen LogP contribution in [0.1, 0.15) is 54.9 Å². The molecule has 3 heterocycles. The van der Waals surface area contributed by atoms with Crippen molar-refractivity contribution in [2.24, 2.45) is 5.92 Å². The van der Waals surface area contributed by atoms with Crippen LogP contribution < -0.4 is 0 Å². The lowest BCUT2D eigenvalue weighted by Crippen LogP contribution is -2.55. The van der Waals surface area contributed by atoms with Gasteiger partial charge in [-0.15, -0.1) is 0 Å². The predicted octanol–water partition coefficient (Wildman–Crippen LogP) is 4.09. The second kappa shape index (κ2) is 11.3. The van der Waals surface area contributed by atoms with Crippen LogP contribution in [-0.2, 0) is 28.7 Å². The average Bonchev–Trinajstić information content (AvgIpc) is 3.05. The predicted molar refractivity (Wildman–Crippen MR) is 133 cm³/mol. The second-order valence-electron chi connectivity index (χ2n) is 9.88. The van der Waals surface area contributed by atoms with Crippen LogP contribution in [0.4, 0.5) is 4.79 Å². The number of ether oxygens (including phenoxy) is 3. The van der Waals surface area contributed by atoms with Crippen molar-refractivity contribution >= 4 is 17.6 Å². The van der Waals surface area contributed by atoms with Gasteiger partial charge < -0.3 is 19.0 Å². The highest BCUT2D eigenvalue weighted by molar-refractivity contribution is 6.23. The number of nitrogens with zero attached hydrogens (tertiary/aromatic N) is 2. The molecule has 0 aliphatic carbocycles. The van der Waals surface area contributed by atoms with E-state index in [1.54, 1.807) is 14.0 Å². The summed E-state index contributed by atoms with van der Waals surface area (Å²) in [6.45, 7) is 10.7. The molecule has 1 aromatic carbocycles. The summed E-state index contributed by atoms with van der Waals surface area (Å²) in [7, 11) is 1.63. The lowest BCUT2D eigenvalue weighted by atomic mass is 9.84. The van der Waals surface area contributed by atoms with Crippen molar-refractivity contribution < 1.29 is 33.5 Å². The first-order chi connectivity index (χ1) is 17.3. The molecular formula is C27H38N2O7. The van der Waals surface area contributed by atoms with Gasteiger partial charge in [-0.2, -0.15) is 5.06 Å². The Bertz CT molecular complexity index is 984. The van der Waals surface area contributed by atoms with Crippen LogP contribution in [-0.4, -0.2) is 74.4 Å². The van der Waals surface area contributed by atoms with Crippen molar-refractivity contribution in [1.82, 2.24) is 10.1 Å². The summed E-state index contributed by atoms with van der Waals surface area (Å²) in [5.41, 5.74) is 3.16. The summed E-state index contributed by atoms with van der Waals surface area (Å²) in [6.07, 6.45) is 2.09. The molecule has 1 unspecified atom stereocenters. The highest BCUT2D eigenvalue weighted by atomic mass is 16.7. The van der Waals surface area contributed by atoms with E-state index in [4.69, 9.17) is 23.9 Å². The molecule has 1 amide bonds. The Balaban J connectivity index is 1.80. The number of hydroxylamine groups is 4. The van der Waals surface area contributed by atoms with Crippen molar-refractivity contribution in [2.75, 3.05) is 46.6 Å². The van der Waals surface area contributed by atoms with Gasteiger partial charge in [0.15, 0.2) is 5.76 Å². The summed E-state index contributed by atoms with van der Waals surface area (Å²) in [4.78, 5) is 38.6. The van der Waals surface area contributed by atoms with Crippen LogP contribution in [0.3, 0.4) is 0 Å². The first-order valence-corrected chi connectivity index (χ1v) is 12.8. The largest absolute Gasteiger partial charge is 0.513 e. The number of carbonyl (C=O) groups is 2. The highest BCUT2D eigenvalue weighted by Crippen LogP contribution is 2.48. The summed E-state index contributed by atoms with van der Waals surface area (Å²) < 4.78 is 16.7. The van der Waals surface area contributed by atoms with Gasteiger partial charge >= 0.3 is 6.16 Å². The molecule has 1 spiro atoms. The van der Waals surface area contributed by atoms with E-state index in [0.29, 0.717) is 50.5 Å². The normalized spacial score (nSPS) is 22.4. The molecule has 2 fully saturated rings. The van der Waals surface area contributed by atoms with E-state index in [2.05, 4.69) is 0 Å². The standard InChI is InChI=1S/C27H38N2O7/c1-6-34-26(31)36-24-23(22-19(3)14-18(2)15-20(22)4)25(30)29(35-17-21-8-7-13-33-16-21)27(24)9-11-28(32-5)12-10-27/h14-15,21H,6-13,16-17H2,1-5H3. The minimum atomic E-state index is -0.951. The second-order valence-corrected chi connectivity index (χ2v) is 9.88. The summed E-state index contributed by atoms with van der Waals surface area (Å²) in [5, 5.41) is 3.31. The maximum absolute atomic E-state index is 14.2. The van der Waals surface area contributed by atoms with Gasteiger partial charge in [0.25, 0.3) is 5.91 Å². The molecular weight excluding hydrogens is 464 g/mol. The topological polar surface area (TPSA) is 86.8 Å². The Morgan fingerprint density at radius 1 is 1.17 bits per heavy atom. The van der Waals surface area contributed by atoms with Gasteiger partial charge in [-0.05, 0) is 70.1 Å². The maximum Gasteiger partial charge on any atom is 0.513 e. The van der Waals surface area contributed by atoms with Crippen molar-refractivity contribution in [3.8, 4) is 0 Å². The third kappa shape index (κ3) is 5.16. The molecule has 0 radical (unpaired) electrons. The van der Waals surface area contributed by atoms with E-state index in [1.807, 2.05) is 38.0 Å². The quantitative estimate of drug-likeness (QED) is 0.516. The zero-order chi connectivity index (χ0) is 25.9. The van der Waals surface area contributed by atoms with E-state index >= 15 is 0 Å². The first kappa shape index (κ1) is 26.6. The molecule has 1 aromatic rings. The molecule has 2 saturated heterocycles. The Morgan fingerprint density at radius 3 is 2.44 bits per heavy atom. The maximum atomic E-state index is 14.2. The Kier molecular flexibility index (Phi) is 8.34. The lowest BCUT2D eigenvalue weighted by molar-refractivity contribution is -0.239. The SMILES string of the molecule is CCOC(=O)OC1=C(c2c(C)cc(C)cc2C)C(=O)N(OCC2CCCOC2)C12CCN(OC)CC2. The van der Waals surface area contributed by atoms with E-state index < -0.39 is 11.7 Å². The van der Waals surface area contributed by atoms with E-state index in [9.17, 15) is 9.59 Å². The van der Waals surface area contributed by atoms with E-state index in [0.717, 1.165) is 41.7 Å². The molecule has 9 nitrogen and oxygen atoms in total. The third-order valence-electron chi connectivity index (χ3n) is 7.31. The number of aryl methyl sites for hydroxylation is 3. The van der Waals surface area contributed by atoms with Gasteiger partial charge in [0.2, 0.25) is 0 Å². The number of benzene rings is 1. The average molecular weight is 503 g/mol. The number of rotatable bonds is 7. The smallest absolute Gasteiger partial charge is 0.434 e. The zero-order valence-electron chi connectivity index (χ0n) is 22.1. The minimum absolute atomic E-state index is 0.171. The van der Waals surface area contributed by atoms with Gasteiger partial charge in [-0.3, -0.25) is 9.63 Å².